The van der Waals surface area contributed by atoms with Crippen LogP contribution in [0.25, 0.3) is 0 Å². The maximum atomic E-state index is 12.9. The van der Waals surface area contributed by atoms with Gasteiger partial charge in [0.15, 0.2) is 6.10 Å². The second kappa shape index (κ2) is 58.4. The Kier molecular flexibility index (Phi) is 54.9. The number of rotatable bonds is 51. The van der Waals surface area contributed by atoms with E-state index in [4.69, 9.17) is 14.2 Å². The molecule has 1 atom stereocenters. The van der Waals surface area contributed by atoms with Crippen LogP contribution in [-0.4, -0.2) is 37.2 Å². The molecule has 6 nitrogen and oxygen atoms in total. The fourth-order valence-corrected chi connectivity index (χ4v) is 7.63. The van der Waals surface area contributed by atoms with Crippen molar-refractivity contribution in [1.29, 1.82) is 0 Å². The Hall–Kier alpha value is -4.19. The zero-order chi connectivity index (χ0) is 51.4. The summed E-state index contributed by atoms with van der Waals surface area (Å²) in [6.07, 6.45) is 80.4. The van der Waals surface area contributed by atoms with Crippen LogP contribution in [-0.2, 0) is 28.6 Å². The molecule has 0 N–H and O–H groups in total. The van der Waals surface area contributed by atoms with Gasteiger partial charge in [0.25, 0.3) is 0 Å². The molecule has 1 unspecified atom stereocenters. The van der Waals surface area contributed by atoms with Crippen molar-refractivity contribution in [1.82, 2.24) is 0 Å². The van der Waals surface area contributed by atoms with E-state index in [0.29, 0.717) is 19.3 Å². The largest absolute Gasteiger partial charge is 0.462 e. The summed E-state index contributed by atoms with van der Waals surface area (Å²) in [6, 6.07) is 0. The van der Waals surface area contributed by atoms with Crippen LogP contribution >= 0.6 is 0 Å². The number of ether oxygens (including phenoxy) is 3. The lowest BCUT2D eigenvalue weighted by Crippen LogP contribution is -2.30. The van der Waals surface area contributed by atoms with Gasteiger partial charge in [0.1, 0.15) is 13.2 Å². The molecule has 0 spiro atoms. The predicted molar refractivity (Wildman–Crippen MR) is 306 cm³/mol. The molecular weight excluding hydrogens is 877 g/mol. The third-order valence-corrected chi connectivity index (χ3v) is 11.9. The lowest BCUT2D eigenvalue weighted by Gasteiger charge is -2.18. The van der Waals surface area contributed by atoms with Gasteiger partial charge >= 0.3 is 17.9 Å². The van der Waals surface area contributed by atoms with Gasteiger partial charge in [-0.05, 0) is 128 Å². The summed E-state index contributed by atoms with van der Waals surface area (Å²) in [5, 5.41) is 0. The monoisotopic (exact) mass is 983 g/mol. The van der Waals surface area contributed by atoms with E-state index in [9.17, 15) is 14.4 Å². The highest BCUT2D eigenvalue weighted by Gasteiger charge is 2.19. The Morgan fingerprint density at radius 2 is 0.549 bits per heavy atom. The molecule has 0 bridgehead atoms. The number of hydrogen-bond acceptors (Lipinski definition) is 6. The van der Waals surface area contributed by atoms with Crippen molar-refractivity contribution in [2.75, 3.05) is 13.2 Å². The minimum atomic E-state index is -0.805. The quantitative estimate of drug-likeness (QED) is 0.0261. The highest BCUT2D eigenvalue weighted by atomic mass is 16.6. The number of allylic oxidation sites excluding steroid dienone is 20. The molecule has 0 radical (unpaired) electrons. The van der Waals surface area contributed by atoms with Crippen LogP contribution in [0.4, 0.5) is 0 Å². The number of carbonyl (C=O) groups excluding carboxylic acids is 3. The minimum Gasteiger partial charge on any atom is -0.462 e. The zero-order valence-corrected chi connectivity index (χ0v) is 45.9. The van der Waals surface area contributed by atoms with E-state index in [-0.39, 0.29) is 31.1 Å². The number of carbonyl (C=O) groups is 3. The van der Waals surface area contributed by atoms with E-state index < -0.39 is 6.10 Å². The molecule has 6 heteroatoms. The van der Waals surface area contributed by atoms with Gasteiger partial charge < -0.3 is 14.2 Å². The van der Waals surface area contributed by atoms with Gasteiger partial charge in [-0.15, -0.1) is 0 Å². The van der Waals surface area contributed by atoms with Gasteiger partial charge in [-0.1, -0.05) is 226 Å². The summed E-state index contributed by atoms with van der Waals surface area (Å²) in [6.45, 7) is 6.35. The molecule has 0 saturated carbocycles. The Bertz CT molecular complexity index is 1500. The lowest BCUT2D eigenvalue weighted by molar-refractivity contribution is -0.167. The molecule has 0 aliphatic heterocycles. The number of esters is 3. The zero-order valence-electron chi connectivity index (χ0n) is 45.9. The minimum absolute atomic E-state index is 0.0999. The molecule has 0 heterocycles. The molecular formula is C65H106O6. The smallest absolute Gasteiger partial charge is 0.306 e. The molecule has 0 fully saturated rings. The lowest BCUT2D eigenvalue weighted by atomic mass is 10.1. The average Bonchev–Trinajstić information content (AvgIpc) is 3.37. The molecule has 0 amide bonds. The van der Waals surface area contributed by atoms with Crippen LogP contribution < -0.4 is 0 Å². The van der Waals surface area contributed by atoms with Crippen LogP contribution in [0.15, 0.2) is 122 Å². The highest BCUT2D eigenvalue weighted by Crippen LogP contribution is 2.14. The first-order valence-electron chi connectivity index (χ1n) is 29.0. The van der Waals surface area contributed by atoms with E-state index in [1.165, 1.54) is 64.2 Å². The van der Waals surface area contributed by atoms with E-state index in [1.54, 1.807) is 0 Å². The van der Waals surface area contributed by atoms with E-state index in [0.717, 1.165) is 148 Å². The predicted octanol–water partition coefficient (Wildman–Crippen LogP) is 19.6. The molecule has 0 rings (SSSR count). The Morgan fingerprint density at radius 1 is 0.296 bits per heavy atom. The van der Waals surface area contributed by atoms with E-state index in [2.05, 4.69) is 142 Å². The van der Waals surface area contributed by atoms with Crippen molar-refractivity contribution in [2.45, 2.75) is 258 Å². The Morgan fingerprint density at radius 3 is 0.859 bits per heavy atom. The van der Waals surface area contributed by atoms with Gasteiger partial charge in [-0.2, -0.15) is 0 Å². The molecule has 0 aliphatic carbocycles. The Labute approximate surface area is 437 Å². The first-order valence-corrected chi connectivity index (χ1v) is 29.0. The van der Waals surface area contributed by atoms with Gasteiger partial charge in [0.05, 0.1) is 0 Å². The summed E-state index contributed by atoms with van der Waals surface area (Å²) in [4.78, 5) is 38.2. The molecule has 402 valence electrons. The van der Waals surface area contributed by atoms with E-state index in [1.807, 2.05) is 0 Å². The third-order valence-electron chi connectivity index (χ3n) is 11.9. The van der Waals surface area contributed by atoms with Crippen molar-refractivity contribution in [3.63, 3.8) is 0 Å². The van der Waals surface area contributed by atoms with Gasteiger partial charge in [-0.25, -0.2) is 0 Å². The molecule has 0 aromatic rings. The van der Waals surface area contributed by atoms with E-state index >= 15 is 0 Å². The maximum absolute atomic E-state index is 12.9. The van der Waals surface area contributed by atoms with Crippen molar-refractivity contribution < 1.29 is 28.6 Å². The molecule has 0 aliphatic rings. The topological polar surface area (TPSA) is 78.9 Å². The fraction of sp³-hybridized carbons (Fsp3) is 0.646. The van der Waals surface area contributed by atoms with Crippen LogP contribution in [0.5, 0.6) is 0 Å². The normalized spacial score (nSPS) is 13.0. The van der Waals surface area contributed by atoms with Crippen LogP contribution in [0.3, 0.4) is 0 Å². The highest BCUT2D eigenvalue weighted by molar-refractivity contribution is 5.71. The molecule has 71 heavy (non-hydrogen) atoms. The summed E-state index contributed by atoms with van der Waals surface area (Å²) < 4.78 is 16.9. The van der Waals surface area contributed by atoms with Crippen LogP contribution in [0.2, 0.25) is 0 Å². The maximum Gasteiger partial charge on any atom is 0.306 e. The first-order chi connectivity index (χ1) is 35.0. The fourth-order valence-electron chi connectivity index (χ4n) is 7.63. The van der Waals surface area contributed by atoms with Crippen LogP contribution in [0, 0.1) is 0 Å². The first kappa shape index (κ1) is 66.8. The van der Waals surface area contributed by atoms with Crippen molar-refractivity contribution >= 4 is 17.9 Å². The Balaban J connectivity index is 4.49. The number of unbranched alkanes of at least 4 members (excludes halogenated alkanes) is 20. The van der Waals surface area contributed by atoms with Crippen LogP contribution in [0.1, 0.15) is 252 Å². The van der Waals surface area contributed by atoms with Crippen molar-refractivity contribution in [3.8, 4) is 0 Å². The van der Waals surface area contributed by atoms with Gasteiger partial charge in [0, 0.05) is 19.3 Å². The summed E-state index contributed by atoms with van der Waals surface area (Å²) in [5.74, 6) is -0.946. The number of hydrogen-bond donors (Lipinski definition) is 0. The summed E-state index contributed by atoms with van der Waals surface area (Å²) >= 11 is 0. The summed E-state index contributed by atoms with van der Waals surface area (Å²) in [7, 11) is 0. The summed E-state index contributed by atoms with van der Waals surface area (Å²) in [5.41, 5.74) is 0. The molecule has 0 aromatic heterocycles. The SMILES string of the molecule is CC/C=C\C/C=C\C/C=C\C/C=C\CCCCCCCCC(=O)OCC(COC(=O)CCCCCCCCC/C=C\C/C=C\CCCCC)OC(=O)CCCCCC/C=C\C/C=C\C/C=C\C/C=C\CC. The van der Waals surface area contributed by atoms with Crippen molar-refractivity contribution in [3.05, 3.63) is 122 Å². The molecule has 0 aromatic carbocycles. The molecule has 0 saturated heterocycles. The van der Waals surface area contributed by atoms with Gasteiger partial charge in [0.2, 0.25) is 0 Å². The van der Waals surface area contributed by atoms with Gasteiger partial charge in [-0.3, -0.25) is 14.4 Å². The second-order valence-corrected chi connectivity index (χ2v) is 18.8. The second-order valence-electron chi connectivity index (χ2n) is 18.8. The van der Waals surface area contributed by atoms with Crippen molar-refractivity contribution in [2.24, 2.45) is 0 Å². The standard InChI is InChI=1S/C65H106O6/c1-4-7-10-13-16-19-22-25-28-31-32-35-37-40-43-46-49-52-55-58-64(67)70-61-62(71-65(68)59-56-53-50-47-44-41-38-34-30-27-24-21-18-15-12-9-6-3)60-69-63(66)57-54-51-48-45-42-39-36-33-29-26-23-20-17-14-11-8-5-2/h7,9-10,12,16-21,25-30,32,35,38,41,62H,4-6,8,11,13-15,22-24,31,33-34,36-37,39-40,42-61H2,1-3H3/b10-7-,12-9-,19-16-,20-17-,21-18-,28-25-,29-26-,30-27-,35-32-,41-38-. The third kappa shape index (κ3) is 56.6. The average molecular weight is 984 g/mol.